The third kappa shape index (κ3) is 4.19. The molecule has 0 radical (unpaired) electrons. The van der Waals surface area contributed by atoms with Gasteiger partial charge in [0.05, 0.1) is 17.5 Å². The number of aromatic nitrogens is 2. The highest BCUT2D eigenvalue weighted by atomic mass is 79.9. The zero-order valence-corrected chi connectivity index (χ0v) is 17.7. The molecule has 1 amide bonds. The molecule has 3 aromatic rings. The minimum Gasteiger partial charge on any atom is -0.371 e. The van der Waals surface area contributed by atoms with Gasteiger partial charge in [-0.15, -0.1) is 0 Å². The highest BCUT2D eigenvalue weighted by molar-refractivity contribution is 9.10. The lowest BCUT2D eigenvalue weighted by atomic mass is 10.1. The Balaban J connectivity index is 1.38. The Hall–Kier alpha value is -2.67. The minimum absolute atomic E-state index is 0.175. The number of hydrogen-bond donors (Lipinski definition) is 1. The second-order valence-electron chi connectivity index (χ2n) is 7.30. The molecule has 0 spiro atoms. The maximum atomic E-state index is 14.1. The van der Waals surface area contributed by atoms with E-state index in [1.807, 2.05) is 12.1 Å². The summed E-state index contributed by atoms with van der Waals surface area (Å²) >= 11 is 3.51. The lowest BCUT2D eigenvalue weighted by molar-refractivity contribution is 0.0947. The van der Waals surface area contributed by atoms with E-state index in [-0.39, 0.29) is 11.7 Å². The van der Waals surface area contributed by atoms with Gasteiger partial charge in [-0.25, -0.2) is 9.07 Å². The molecule has 5 nitrogen and oxygen atoms in total. The molecule has 1 N–H and O–H groups in total. The van der Waals surface area contributed by atoms with Crippen LogP contribution in [0.4, 0.5) is 10.1 Å². The van der Waals surface area contributed by atoms with Crippen molar-refractivity contribution in [2.45, 2.75) is 13.3 Å². The van der Waals surface area contributed by atoms with Crippen molar-refractivity contribution in [3.05, 3.63) is 76.3 Å². The maximum absolute atomic E-state index is 14.1. The Morgan fingerprint density at radius 2 is 2.10 bits per heavy atom. The fraction of sp³-hybridized carbons (Fsp3) is 0.273. The summed E-state index contributed by atoms with van der Waals surface area (Å²) in [5, 5.41) is 7.23. The molecule has 1 unspecified atom stereocenters. The highest BCUT2D eigenvalue weighted by Crippen LogP contribution is 2.26. The number of rotatable bonds is 5. The number of halogens is 2. The van der Waals surface area contributed by atoms with Crippen molar-refractivity contribution in [1.82, 2.24) is 15.1 Å². The zero-order chi connectivity index (χ0) is 20.4. The normalized spacial score (nSPS) is 16.2. The van der Waals surface area contributed by atoms with Crippen molar-refractivity contribution in [3.63, 3.8) is 0 Å². The maximum Gasteiger partial charge on any atom is 0.254 e. The summed E-state index contributed by atoms with van der Waals surface area (Å²) in [4.78, 5) is 15.0. The van der Waals surface area contributed by atoms with Crippen LogP contribution in [0.25, 0.3) is 5.69 Å². The van der Waals surface area contributed by atoms with Crippen LogP contribution >= 0.6 is 15.9 Å². The number of para-hydroxylation sites is 1. The molecule has 2 aromatic carbocycles. The SMILES string of the molecule is Cc1c(C(=O)NCC2CCN(c3cccc(Br)c3)C2)cnn1-c1ccccc1F. The van der Waals surface area contributed by atoms with Crippen LogP contribution in [-0.2, 0) is 0 Å². The van der Waals surface area contributed by atoms with E-state index < -0.39 is 0 Å². The first-order valence-electron chi connectivity index (χ1n) is 9.61. The minimum atomic E-state index is -0.371. The quantitative estimate of drug-likeness (QED) is 0.621. The first-order chi connectivity index (χ1) is 14.0. The van der Waals surface area contributed by atoms with Crippen molar-refractivity contribution >= 4 is 27.5 Å². The molecule has 0 aliphatic carbocycles. The van der Waals surface area contributed by atoms with Gasteiger partial charge in [-0.3, -0.25) is 4.79 Å². The molecule has 2 heterocycles. The van der Waals surface area contributed by atoms with E-state index in [4.69, 9.17) is 0 Å². The van der Waals surface area contributed by atoms with Crippen molar-refractivity contribution in [1.29, 1.82) is 0 Å². The molecular formula is C22H22BrFN4O. The predicted molar refractivity (Wildman–Crippen MR) is 115 cm³/mol. The van der Waals surface area contributed by atoms with Crippen LogP contribution in [0.1, 0.15) is 22.5 Å². The molecule has 7 heteroatoms. The molecule has 1 aliphatic heterocycles. The molecule has 1 saturated heterocycles. The Bertz CT molecular complexity index is 1040. The van der Waals surface area contributed by atoms with Crippen LogP contribution < -0.4 is 10.2 Å². The van der Waals surface area contributed by atoms with E-state index >= 15 is 0 Å². The van der Waals surface area contributed by atoms with Crippen LogP contribution in [0, 0.1) is 18.7 Å². The fourth-order valence-electron chi connectivity index (χ4n) is 3.74. The van der Waals surface area contributed by atoms with Gasteiger partial charge in [0.15, 0.2) is 0 Å². The highest BCUT2D eigenvalue weighted by Gasteiger charge is 2.24. The van der Waals surface area contributed by atoms with Crippen molar-refractivity contribution in [2.75, 3.05) is 24.5 Å². The Morgan fingerprint density at radius 1 is 1.28 bits per heavy atom. The fourth-order valence-corrected chi connectivity index (χ4v) is 4.12. The van der Waals surface area contributed by atoms with E-state index in [9.17, 15) is 9.18 Å². The van der Waals surface area contributed by atoms with Crippen LogP contribution in [0.15, 0.2) is 59.2 Å². The Morgan fingerprint density at radius 3 is 2.90 bits per heavy atom. The first-order valence-corrected chi connectivity index (χ1v) is 10.4. The average Bonchev–Trinajstić information content (AvgIpc) is 3.34. The van der Waals surface area contributed by atoms with E-state index in [2.05, 4.69) is 43.4 Å². The monoisotopic (exact) mass is 456 g/mol. The third-order valence-electron chi connectivity index (χ3n) is 5.35. The largest absolute Gasteiger partial charge is 0.371 e. The molecule has 150 valence electrons. The van der Waals surface area contributed by atoms with Gasteiger partial charge < -0.3 is 10.2 Å². The molecule has 0 saturated carbocycles. The predicted octanol–water partition coefficient (Wildman–Crippen LogP) is 4.34. The smallest absolute Gasteiger partial charge is 0.254 e. The van der Waals surface area contributed by atoms with E-state index in [1.165, 1.54) is 22.6 Å². The van der Waals surface area contributed by atoms with Gasteiger partial charge in [0.2, 0.25) is 0 Å². The van der Waals surface area contributed by atoms with Gasteiger partial charge in [-0.2, -0.15) is 5.10 Å². The van der Waals surface area contributed by atoms with Crippen LogP contribution in [0.2, 0.25) is 0 Å². The number of amides is 1. The van der Waals surface area contributed by atoms with Gasteiger partial charge in [0.25, 0.3) is 5.91 Å². The first kappa shape index (κ1) is 19.6. The van der Waals surface area contributed by atoms with Gasteiger partial charge in [-0.1, -0.05) is 34.1 Å². The summed E-state index contributed by atoms with van der Waals surface area (Å²) in [6.45, 7) is 4.26. The summed E-state index contributed by atoms with van der Waals surface area (Å²) in [5.41, 5.74) is 2.62. The third-order valence-corrected chi connectivity index (χ3v) is 5.84. The van der Waals surface area contributed by atoms with Gasteiger partial charge >= 0.3 is 0 Å². The number of benzene rings is 2. The molecule has 0 bridgehead atoms. The van der Waals surface area contributed by atoms with Crippen LogP contribution in [-0.4, -0.2) is 35.3 Å². The Kier molecular flexibility index (Phi) is 5.67. The average molecular weight is 457 g/mol. The summed E-state index contributed by atoms with van der Waals surface area (Å²) in [6, 6.07) is 14.7. The molecule has 1 aromatic heterocycles. The lowest BCUT2D eigenvalue weighted by Gasteiger charge is -2.19. The Labute approximate surface area is 177 Å². The molecule has 29 heavy (non-hydrogen) atoms. The van der Waals surface area contributed by atoms with Crippen molar-refractivity contribution in [2.24, 2.45) is 5.92 Å². The van der Waals surface area contributed by atoms with Gasteiger partial charge in [-0.05, 0) is 49.6 Å². The topological polar surface area (TPSA) is 50.2 Å². The molecule has 1 atom stereocenters. The molecule has 1 fully saturated rings. The second kappa shape index (κ2) is 8.37. The van der Waals surface area contributed by atoms with Crippen molar-refractivity contribution in [3.8, 4) is 5.69 Å². The number of nitrogens with one attached hydrogen (secondary N) is 1. The second-order valence-corrected chi connectivity index (χ2v) is 8.21. The number of hydrogen-bond acceptors (Lipinski definition) is 3. The number of carbonyl (C=O) groups excluding carboxylic acids is 1. The van der Waals surface area contributed by atoms with E-state index in [1.54, 1.807) is 25.1 Å². The standard InChI is InChI=1S/C22H22BrFN4O/c1-15-19(13-26-28(15)21-8-3-2-7-20(21)24)22(29)25-12-16-9-10-27(14-16)18-6-4-5-17(23)11-18/h2-8,11,13,16H,9-10,12,14H2,1H3,(H,25,29). The summed E-state index contributed by atoms with van der Waals surface area (Å²) < 4.78 is 16.6. The molecule has 1 aliphatic rings. The number of nitrogens with zero attached hydrogens (tertiary/aromatic N) is 3. The zero-order valence-electron chi connectivity index (χ0n) is 16.1. The van der Waals surface area contributed by atoms with Gasteiger partial charge in [0, 0.05) is 29.8 Å². The van der Waals surface area contributed by atoms with Crippen LogP contribution in [0.3, 0.4) is 0 Å². The lowest BCUT2D eigenvalue weighted by Crippen LogP contribution is -2.31. The van der Waals surface area contributed by atoms with Crippen molar-refractivity contribution < 1.29 is 9.18 Å². The van der Waals surface area contributed by atoms with E-state index in [0.717, 1.165) is 24.0 Å². The van der Waals surface area contributed by atoms with E-state index in [0.29, 0.717) is 29.4 Å². The van der Waals surface area contributed by atoms with Gasteiger partial charge in [0.1, 0.15) is 11.5 Å². The molecular weight excluding hydrogens is 435 g/mol. The van der Waals surface area contributed by atoms with Crippen LogP contribution in [0.5, 0.6) is 0 Å². The number of carbonyl (C=O) groups is 1. The summed E-state index contributed by atoms with van der Waals surface area (Å²) in [7, 11) is 0. The summed E-state index contributed by atoms with van der Waals surface area (Å²) in [6.07, 6.45) is 2.53. The molecule has 4 rings (SSSR count). The number of anilines is 1. The summed E-state index contributed by atoms with van der Waals surface area (Å²) in [5.74, 6) is -0.157.